The molecule has 0 aromatic heterocycles. The first-order valence-electron chi connectivity index (χ1n) is 7.68. The van der Waals surface area contributed by atoms with Crippen LogP contribution in [0.15, 0.2) is 0 Å². The molecule has 0 bridgehead atoms. The molecule has 0 heterocycles. The molecule has 0 saturated heterocycles. The molecule has 0 aromatic carbocycles. The van der Waals surface area contributed by atoms with Crippen LogP contribution in [0.5, 0.6) is 0 Å². The molecule has 1 unspecified atom stereocenters. The highest BCUT2D eigenvalue weighted by Gasteiger charge is 2.26. The van der Waals surface area contributed by atoms with E-state index < -0.39 is 0 Å². The second-order valence-electron chi connectivity index (χ2n) is 6.05. The minimum absolute atomic E-state index is 0.176. The average molecular weight is 240 g/mol. The Morgan fingerprint density at radius 1 is 1.12 bits per heavy atom. The minimum Gasteiger partial charge on any atom is -0.329 e. The number of rotatable bonds is 8. The summed E-state index contributed by atoms with van der Waals surface area (Å²) in [6, 6.07) is 0.725. The van der Waals surface area contributed by atoms with Crippen LogP contribution in [-0.4, -0.2) is 18.1 Å². The van der Waals surface area contributed by atoms with E-state index in [-0.39, 0.29) is 5.54 Å². The first kappa shape index (κ1) is 15.0. The van der Waals surface area contributed by atoms with E-state index in [9.17, 15) is 0 Å². The van der Waals surface area contributed by atoms with Gasteiger partial charge in [-0.1, -0.05) is 51.9 Å². The van der Waals surface area contributed by atoms with Crippen LogP contribution in [0, 0.1) is 0 Å². The van der Waals surface area contributed by atoms with Crippen molar-refractivity contribution in [3.8, 4) is 0 Å². The Kier molecular flexibility index (Phi) is 7.14. The SMILES string of the molecule is CCCCCCC(C)(CN)NC1CCCCC1. The lowest BCUT2D eigenvalue weighted by atomic mass is 9.89. The molecular weight excluding hydrogens is 208 g/mol. The lowest BCUT2D eigenvalue weighted by molar-refractivity contribution is 0.250. The molecule has 0 amide bonds. The third kappa shape index (κ3) is 5.87. The second-order valence-corrected chi connectivity index (χ2v) is 6.05. The van der Waals surface area contributed by atoms with Crippen LogP contribution in [-0.2, 0) is 0 Å². The summed E-state index contributed by atoms with van der Waals surface area (Å²) >= 11 is 0. The molecule has 102 valence electrons. The quantitative estimate of drug-likeness (QED) is 0.636. The van der Waals surface area contributed by atoms with Crippen molar-refractivity contribution >= 4 is 0 Å². The van der Waals surface area contributed by atoms with Gasteiger partial charge in [0.05, 0.1) is 0 Å². The highest BCUT2D eigenvalue weighted by Crippen LogP contribution is 2.22. The molecule has 2 heteroatoms. The number of hydrogen-bond acceptors (Lipinski definition) is 2. The fourth-order valence-electron chi connectivity index (χ4n) is 2.91. The summed E-state index contributed by atoms with van der Waals surface area (Å²) in [5.74, 6) is 0. The maximum Gasteiger partial charge on any atom is 0.0278 e. The van der Waals surface area contributed by atoms with Crippen molar-refractivity contribution in [2.45, 2.75) is 89.6 Å². The van der Waals surface area contributed by atoms with Crippen molar-refractivity contribution in [3.63, 3.8) is 0 Å². The normalized spacial score (nSPS) is 21.4. The Morgan fingerprint density at radius 3 is 2.41 bits per heavy atom. The Balaban J connectivity index is 2.27. The van der Waals surface area contributed by atoms with Gasteiger partial charge in [0, 0.05) is 18.1 Å². The van der Waals surface area contributed by atoms with Gasteiger partial charge in [-0.25, -0.2) is 0 Å². The zero-order valence-corrected chi connectivity index (χ0v) is 11.9. The van der Waals surface area contributed by atoms with Gasteiger partial charge in [-0.3, -0.25) is 0 Å². The van der Waals surface area contributed by atoms with E-state index >= 15 is 0 Å². The maximum absolute atomic E-state index is 5.98. The van der Waals surface area contributed by atoms with E-state index in [0.29, 0.717) is 0 Å². The number of unbranched alkanes of at least 4 members (excludes halogenated alkanes) is 3. The van der Waals surface area contributed by atoms with Crippen LogP contribution >= 0.6 is 0 Å². The van der Waals surface area contributed by atoms with E-state index in [2.05, 4.69) is 19.2 Å². The molecule has 1 aliphatic rings. The van der Waals surface area contributed by atoms with Crippen LogP contribution in [0.4, 0.5) is 0 Å². The third-order valence-corrected chi connectivity index (χ3v) is 4.19. The Morgan fingerprint density at radius 2 is 1.82 bits per heavy atom. The summed E-state index contributed by atoms with van der Waals surface area (Å²) in [6.07, 6.45) is 13.5. The highest BCUT2D eigenvalue weighted by atomic mass is 15.0. The molecule has 1 rings (SSSR count). The topological polar surface area (TPSA) is 38.0 Å². The molecule has 2 nitrogen and oxygen atoms in total. The van der Waals surface area contributed by atoms with E-state index in [4.69, 9.17) is 5.73 Å². The van der Waals surface area contributed by atoms with Crippen LogP contribution < -0.4 is 11.1 Å². The number of nitrogens with one attached hydrogen (secondary N) is 1. The smallest absolute Gasteiger partial charge is 0.0278 e. The first-order valence-corrected chi connectivity index (χ1v) is 7.68. The van der Waals surface area contributed by atoms with Gasteiger partial charge in [-0.05, 0) is 26.2 Å². The van der Waals surface area contributed by atoms with E-state index in [1.807, 2.05) is 0 Å². The van der Waals surface area contributed by atoms with Crippen LogP contribution in [0.25, 0.3) is 0 Å². The molecule has 1 atom stereocenters. The molecule has 0 aliphatic heterocycles. The molecule has 1 fully saturated rings. The Labute approximate surface area is 108 Å². The van der Waals surface area contributed by atoms with E-state index in [1.165, 1.54) is 64.2 Å². The molecule has 0 radical (unpaired) electrons. The summed E-state index contributed by atoms with van der Waals surface area (Å²) in [5, 5.41) is 3.83. The van der Waals surface area contributed by atoms with Gasteiger partial charge in [-0.15, -0.1) is 0 Å². The second kappa shape index (κ2) is 8.10. The Bertz CT molecular complexity index is 187. The summed E-state index contributed by atoms with van der Waals surface area (Å²) in [6.45, 7) is 5.35. The van der Waals surface area contributed by atoms with Crippen molar-refractivity contribution < 1.29 is 0 Å². The standard InChI is InChI=1S/C15H32N2/c1-3-4-5-9-12-15(2,13-16)17-14-10-7-6-8-11-14/h14,17H,3-13,16H2,1-2H3. The van der Waals surface area contributed by atoms with Gasteiger partial charge in [0.2, 0.25) is 0 Å². The maximum atomic E-state index is 5.98. The molecule has 0 spiro atoms. The van der Waals surface area contributed by atoms with Crippen LogP contribution in [0.2, 0.25) is 0 Å². The average Bonchev–Trinajstić information content (AvgIpc) is 2.36. The predicted octanol–water partition coefficient (Wildman–Crippen LogP) is 3.60. The molecule has 3 N–H and O–H groups in total. The van der Waals surface area contributed by atoms with Crippen molar-refractivity contribution in [2.75, 3.05) is 6.54 Å². The molecule has 17 heavy (non-hydrogen) atoms. The van der Waals surface area contributed by atoms with Gasteiger partial charge >= 0.3 is 0 Å². The largest absolute Gasteiger partial charge is 0.329 e. The molecule has 0 aromatic rings. The molecule has 1 aliphatic carbocycles. The monoisotopic (exact) mass is 240 g/mol. The van der Waals surface area contributed by atoms with Gasteiger partial charge < -0.3 is 11.1 Å². The van der Waals surface area contributed by atoms with Gasteiger partial charge in [-0.2, -0.15) is 0 Å². The van der Waals surface area contributed by atoms with Gasteiger partial charge in [0.1, 0.15) is 0 Å². The fourth-order valence-corrected chi connectivity index (χ4v) is 2.91. The summed E-state index contributed by atoms with van der Waals surface area (Å²) < 4.78 is 0. The lowest BCUT2D eigenvalue weighted by Gasteiger charge is -2.36. The first-order chi connectivity index (χ1) is 8.20. The van der Waals surface area contributed by atoms with E-state index in [0.717, 1.165) is 12.6 Å². The van der Waals surface area contributed by atoms with Crippen molar-refractivity contribution in [1.82, 2.24) is 5.32 Å². The number of hydrogen-bond donors (Lipinski definition) is 2. The molecule has 1 saturated carbocycles. The Hall–Kier alpha value is -0.0800. The molecular formula is C15H32N2. The summed E-state index contributed by atoms with van der Waals surface area (Å²) in [4.78, 5) is 0. The van der Waals surface area contributed by atoms with E-state index in [1.54, 1.807) is 0 Å². The third-order valence-electron chi connectivity index (χ3n) is 4.19. The highest BCUT2D eigenvalue weighted by molar-refractivity contribution is 4.88. The predicted molar refractivity (Wildman–Crippen MR) is 76.2 cm³/mol. The van der Waals surface area contributed by atoms with Crippen molar-refractivity contribution in [2.24, 2.45) is 5.73 Å². The lowest BCUT2D eigenvalue weighted by Crippen LogP contribution is -2.53. The summed E-state index contributed by atoms with van der Waals surface area (Å²) in [7, 11) is 0. The minimum atomic E-state index is 0.176. The summed E-state index contributed by atoms with van der Waals surface area (Å²) in [5.41, 5.74) is 6.15. The zero-order chi connectivity index (χ0) is 12.6. The van der Waals surface area contributed by atoms with Crippen LogP contribution in [0.1, 0.15) is 78.1 Å². The zero-order valence-electron chi connectivity index (χ0n) is 11.9. The van der Waals surface area contributed by atoms with Gasteiger partial charge in [0.25, 0.3) is 0 Å². The van der Waals surface area contributed by atoms with Crippen molar-refractivity contribution in [1.29, 1.82) is 0 Å². The number of nitrogens with two attached hydrogens (primary N) is 1. The van der Waals surface area contributed by atoms with Gasteiger partial charge in [0.15, 0.2) is 0 Å². The van der Waals surface area contributed by atoms with Crippen LogP contribution in [0.3, 0.4) is 0 Å². The van der Waals surface area contributed by atoms with Crippen molar-refractivity contribution in [3.05, 3.63) is 0 Å². The fraction of sp³-hybridized carbons (Fsp3) is 1.00.